The Kier molecular flexibility index (Phi) is 3.73. The molecule has 4 heteroatoms. The van der Waals surface area contributed by atoms with Gasteiger partial charge in [-0.2, -0.15) is 5.26 Å². The predicted molar refractivity (Wildman–Crippen MR) is 64.4 cm³/mol. The molecule has 1 aromatic heterocycles. The van der Waals surface area contributed by atoms with Crippen LogP contribution in [0.3, 0.4) is 0 Å². The number of aryl methyl sites for hydroxylation is 3. The second-order valence-electron chi connectivity index (χ2n) is 4.07. The van der Waals surface area contributed by atoms with E-state index in [4.69, 9.17) is 9.68 Å². The van der Waals surface area contributed by atoms with Gasteiger partial charge in [0.1, 0.15) is 11.6 Å². The van der Waals surface area contributed by atoms with Crippen LogP contribution >= 0.6 is 0 Å². The van der Waals surface area contributed by atoms with E-state index in [0.717, 1.165) is 12.0 Å². The first kappa shape index (κ1) is 12.3. The van der Waals surface area contributed by atoms with E-state index in [1.165, 1.54) is 12.1 Å². The minimum absolute atomic E-state index is 0.234. The molecular formula is C14H13FN2O. The SMILES string of the molecule is Cc1oc(CCc2ccc(F)cc2)nc1CC#N. The Labute approximate surface area is 105 Å². The molecule has 1 heterocycles. The zero-order chi connectivity index (χ0) is 13.0. The van der Waals surface area contributed by atoms with Gasteiger partial charge in [0, 0.05) is 6.42 Å². The molecule has 3 nitrogen and oxygen atoms in total. The lowest BCUT2D eigenvalue weighted by Crippen LogP contribution is -1.92. The molecule has 2 rings (SSSR count). The lowest BCUT2D eigenvalue weighted by atomic mass is 10.1. The molecule has 0 saturated heterocycles. The van der Waals surface area contributed by atoms with Gasteiger partial charge in [-0.05, 0) is 31.0 Å². The molecule has 0 fully saturated rings. The van der Waals surface area contributed by atoms with E-state index in [-0.39, 0.29) is 12.2 Å². The van der Waals surface area contributed by atoms with E-state index in [1.54, 1.807) is 19.1 Å². The highest BCUT2D eigenvalue weighted by atomic mass is 19.1. The number of oxazole rings is 1. The molecule has 18 heavy (non-hydrogen) atoms. The molecule has 1 aromatic carbocycles. The molecule has 2 aromatic rings. The Hall–Kier alpha value is -2.15. The van der Waals surface area contributed by atoms with Gasteiger partial charge in [0.15, 0.2) is 5.89 Å². The van der Waals surface area contributed by atoms with Crippen LogP contribution in [0, 0.1) is 24.1 Å². The van der Waals surface area contributed by atoms with Crippen molar-refractivity contribution in [2.45, 2.75) is 26.2 Å². The third-order valence-corrected chi connectivity index (χ3v) is 2.72. The van der Waals surface area contributed by atoms with Crippen molar-refractivity contribution in [1.82, 2.24) is 4.98 Å². The lowest BCUT2D eigenvalue weighted by Gasteiger charge is -1.98. The maximum atomic E-state index is 12.7. The van der Waals surface area contributed by atoms with Gasteiger partial charge in [0.05, 0.1) is 18.2 Å². The number of aromatic nitrogens is 1. The van der Waals surface area contributed by atoms with E-state index >= 15 is 0 Å². The van der Waals surface area contributed by atoms with Crippen molar-refractivity contribution in [1.29, 1.82) is 5.26 Å². The van der Waals surface area contributed by atoms with Crippen LogP contribution in [0.5, 0.6) is 0 Å². The first-order chi connectivity index (χ1) is 8.69. The average Bonchev–Trinajstić information content (AvgIpc) is 2.70. The van der Waals surface area contributed by atoms with Gasteiger partial charge in [-0.1, -0.05) is 12.1 Å². The van der Waals surface area contributed by atoms with E-state index in [0.29, 0.717) is 23.8 Å². The van der Waals surface area contributed by atoms with Crippen LogP contribution < -0.4 is 0 Å². The van der Waals surface area contributed by atoms with Crippen LogP contribution in [0.25, 0.3) is 0 Å². The van der Waals surface area contributed by atoms with Crippen molar-refractivity contribution in [2.24, 2.45) is 0 Å². The highest BCUT2D eigenvalue weighted by molar-refractivity contribution is 5.17. The summed E-state index contributed by atoms with van der Waals surface area (Å²) in [5, 5.41) is 8.62. The number of halogens is 1. The second-order valence-corrected chi connectivity index (χ2v) is 4.07. The molecular weight excluding hydrogens is 231 g/mol. The smallest absolute Gasteiger partial charge is 0.194 e. The summed E-state index contributed by atoms with van der Waals surface area (Å²) in [7, 11) is 0. The summed E-state index contributed by atoms with van der Waals surface area (Å²) in [5.41, 5.74) is 1.74. The fourth-order valence-electron chi connectivity index (χ4n) is 1.74. The Balaban J connectivity index is 2.00. The molecule has 0 N–H and O–H groups in total. The van der Waals surface area contributed by atoms with Crippen LogP contribution in [0.2, 0.25) is 0 Å². The maximum Gasteiger partial charge on any atom is 0.194 e. The Morgan fingerprint density at radius 1 is 1.28 bits per heavy atom. The van der Waals surface area contributed by atoms with Crippen molar-refractivity contribution in [2.75, 3.05) is 0 Å². The molecule has 0 unspecified atom stereocenters. The number of rotatable bonds is 4. The topological polar surface area (TPSA) is 49.8 Å². The summed E-state index contributed by atoms with van der Waals surface area (Å²) >= 11 is 0. The molecule has 0 bridgehead atoms. The van der Waals surface area contributed by atoms with Crippen molar-refractivity contribution >= 4 is 0 Å². The summed E-state index contributed by atoms with van der Waals surface area (Å²) in [5.74, 6) is 1.09. The van der Waals surface area contributed by atoms with Gasteiger partial charge in [-0.3, -0.25) is 0 Å². The molecule has 0 radical (unpaired) electrons. The fraction of sp³-hybridized carbons (Fsp3) is 0.286. The molecule has 0 saturated carbocycles. The number of nitriles is 1. The summed E-state index contributed by atoms with van der Waals surface area (Å²) in [6.07, 6.45) is 1.66. The third-order valence-electron chi connectivity index (χ3n) is 2.72. The minimum atomic E-state index is -0.234. The Bertz CT molecular complexity index is 566. The quantitative estimate of drug-likeness (QED) is 0.830. The number of nitrogens with zero attached hydrogens (tertiary/aromatic N) is 2. The zero-order valence-corrected chi connectivity index (χ0v) is 10.1. The molecule has 0 aliphatic heterocycles. The molecule has 0 aliphatic carbocycles. The van der Waals surface area contributed by atoms with E-state index in [2.05, 4.69) is 11.1 Å². The molecule has 92 valence electrons. The van der Waals surface area contributed by atoms with Gasteiger partial charge in [0.2, 0.25) is 0 Å². The summed E-state index contributed by atoms with van der Waals surface area (Å²) in [6.45, 7) is 1.81. The molecule has 0 aliphatic rings. The van der Waals surface area contributed by atoms with E-state index < -0.39 is 0 Å². The van der Waals surface area contributed by atoms with Gasteiger partial charge in [0.25, 0.3) is 0 Å². The van der Waals surface area contributed by atoms with E-state index in [1.807, 2.05) is 0 Å². The monoisotopic (exact) mass is 244 g/mol. The maximum absolute atomic E-state index is 12.7. The Morgan fingerprint density at radius 2 is 2.00 bits per heavy atom. The van der Waals surface area contributed by atoms with Crippen molar-refractivity contribution in [3.8, 4) is 6.07 Å². The highest BCUT2D eigenvalue weighted by Crippen LogP contribution is 2.13. The van der Waals surface area contributed by atoms with Crippen LogP contribution in [0.4, 0.5) is 4.39 Å². The summed E-state index contributed by atoms with van der Waals surface area (Å²) < 4.78 is 18.2. The standard InChI is InChI=1S/C14H13FN2O/c1-10-13(8-9-16)17-14(18-10)7-4-11-2-5-12(15)6-3-11/h2-3,5-6H,4,7-8H2,1H3. The summed E-state index contributed by atoms with van der Waals surface area (Å²) in [6, 6.07) is 8.44. The second kappa shape index (κ2) is 5.46. The minimum Gasteiger partial charge on any atom is -0.446 e. The van der Waals surface area contributed by atoms with Crippen molar-refractivity contribution in [3.63, 3.8) is 0 Å². The molecule has 0 spiro atoms. The molecule has 0 atom stereocenters. The third kappa shape index (κ3) is 2.95. The molecule has 0 amide bonds. The predicted octanol–water partition coefficient (Wildman–Crippen LogP) is 2.97. The first-order valence-electron chi connectivity index (χ1n) is 5.75. The average molecular weight is 244 g/mol. The fourth-order valence-corrected chi connectivity index (χ4v) is 1.74. The van der Waals surface area contributed by atoms with Crippen molar-refractivity contribution < 1.29 is 8.81 Å². The lowest BCUT2D eigenvalue weighted by molar-refractivity contribution is 0.469. The van der Waals surface area contributed by atoms with Gasteiger partial charge >= 0.3 is 0 Å². The van der Waals surface area contributed by atoms with Crippen molar-refractivity contribution in [3.05, 3.63) is 53.0 Å². The van der Waals surface area contributed by atoms with E-state index in [9.17, 15) is 4.39 Å². The van der Waals surface area contributed by atoms with Gasteiger partial charge < -0.3 is 4.42 Å². The zero-order valence-electron chi connectivity index (χ0n) is 10.1. The number of benzene rings is 1. The Morgan fingerprint density at radius 3 is 2.67 bits per heavy atom. The normalized spacial score (nSPS) is 10.3. The van der Waals surface area contributed by atoms with Crippen LogP contribution in [0.1, 0.15) is 22.9 Å². The van der Waals surface area contributed by atoms with Crippen LogP contribution in [-0.4, -0.2) is 4.98 Å². The number of hydrogen-bond donors (Lipinski definition) is 0. The first-order valence-corrected chi connectivity index (χ1v) is 5.75. The summed E-state index contributed by atoms with van der Waals surface area (Å²) in [4.78, 5) is 4.27. The van der Waals surface area contributed by atoms with Crippen LogP contribution in [-0.2, 0) is 19.3 Å². The highest BCUT2D eigenvalue weighted by Gasteiger charge is 2.09. The van der Waals surface area contributed by atoms with Gasteiger partial charge in [-0.25, -0.2) is 9.37 Å². The van der Waals surface area contributed by atoms with Crippen LogP contribution in [0.15, 0.2) is 28.7 Å². The number of hydrogen-bond acceptors (Lipinski definition) is 3. The van der Waals surface area contributed by atoms with Gasteiger partial charge in [-0.15, -0.1) is 0 Å². The largest absolute Gasteiger partial charge is 0.446 e.